The molecule has 0 bridgehead atoms. The Bertz CT molecular complexity index is 1060. The minimum absolute atomic E-state index is 0.0505. The van der Waals surface area contributed by atoms with Crippen molar-refractivity contribution in [2.75, 3.05) is 11.3 Å². The monoisotopic (exact) mass is 422 g/mol. The van der Waals surface area contributed by atoms with Crippen molar-refractivity contribution < 1.29 is 22.8 Å². The zero-order chi connectivity index (χ0) is 20.5. The second-order valence-corrected chi connectivity index (χ2v) is 9.26. The lowest BCUT2D eigenvalue weighted by atomic mass is 10.1. The number of primary amides is 1. The lowest BCUT2D eigenvalue weighted by molar-refractivity contribution is -0.129. The van der Waals surface area contributed by atoms with Crippen LogP contribution in [0.1, 0.15) is 27.7 Å². The second kappa shape index (κ2) is 7.60. The minimum Gasteiger partial charge on any atom is -0.351 e. The van der Waals surface area contributed by atoms with Crippen molar-refractivity contribution >= 4 is 44.9 Å². The molecule has 4 amide bonds. The van der Waals surface area contributed by atoms with Crippen molar-refractivity contribution in [3.8, 4) is 0 Å². The number of imide groups is 1. The fraction of sp³-hybridized carbons (Fsp3) is 0.235. The molecule has 0 fully saturated rings. The predicted molar refractivity (Wildman–Crippen MR) is 103 cm³/mol. The number of amides is 4. The van der Waals surface area contributed by atoms with Gasteiger partial charge in [-0.25, -0.2) is 13.2 Å². The molecule has 1 aliphatic rings. The molecule has 1 aromatic carbocycles. The first kappa shape index (κ1) is 19.8. The number of nitrogens with two attached hydrogens (primary N) is 1. The summed E-state index contributed by atoms with van der Waals surface area (Å²) in [5, 5.41) is 1.92. The second-order valence-electron chi connectivity index (χ2n) is 6.21. The first-order valence-corrected chi connectivity index (χ1v) is 10.6. The molecule has 1 aromatic heterocycles. The zero-order valence-electron chi connectivity index (χ0n) is 14.9. The maximum Gasteiger partial charge on any atom is 0.319 e. The molecular formula is C17H18N4O5S2. The van der Waals surface area contributed by atoms with Gasteiger partial charge >= 0.3 is 6.03 Å². The molecular weight excluding hydrogens is 404 g/mol. The van der Waals surface area contributed by atoms with Crippen LogP contribution in [0.3, 0.4) is 0 Å². The van der Waals surface area contributed by atoms with E-state index in [1.165, 1.54) is 42.5 Å². The summed E-state index contributed by atoms with van der Waals surface area (Å²) in [5.41, 5.74) is 6.00. The molecule has 11 heteroatoms. The van der Waals surface area contributed by atoms with Gasteiger partial charge in [-0.2, -0.15) is 0 Å². The Morgan fingerprint density at radius 2 is 1.96 bits per heavy atom. The quantitative estimate of drug-likeness (QED) is 0.681. The van der Waals surface area contributed by atoms with E-state index >= 15 is 0 Å². The summed E-state index contributed by atoms with van der Waals surface area (Å²) >= 11 is 1.17. The van der Waals surface area contributed by atoms with E-state index in [2.05, 4.69) is 4.72 Å². The standard InChI is InChI=1S/C17H18N4O5S2/c1-10(22)21-6-5-14-12(9-21)8-15(27-14)28(25,26)20-13-4-2-3-11(7-13)16(23)19-17(18)24/h2-4,7-8,20H,5-6,9H2,1H3,(H3,18,19,23,24). The Morgan fingerprint density at radius 3 is 2.64 bits per heavy atom. The molecule has 0 spiro atoms. The van der Waals surface area contributed by atoms with Crippen LogP contribution in [0.2, 0.25) is 0 Å². The Hall–Kier alpha value is -2.92. The van der Waals surface area contributed by atoms with Crippen LogP contribution in [-0.2, 0) is 27.8 Å². The molecule has 2 aromatic rings. The van der Waals surface area contributed by atoms with Crippen LogP contribution in [0.15, 0.2) is 34.5 Å². The SMILES string of the molecule is CC(=O)N1CCc2sc(S(=O)(=O)Nc3cccc(C(=O)NC(N)=O)c3)cc2C1. The van der Waals surface area contributed by atoms with Crippen molar-refractivity contribution in [1.82, 2.24) is 10.2 Å². The highest BCUT2D eigenvalue weighted by atomic mass is 32.2. The van der Waals surface area contributed by atoms with Crippen molar-refractivity contribution in [2.24, 2.45) is 5.73 Å². The molecule has 0 saturated carbocycles. The summed E-state index contributed by atoms with van der Waals surface area (Å²) < 4.78 is 28.0. The van der Waals surface area contributed by atoms with Crippen LogP contribution >= 0.6 is 11.3 Å². The molecule has 0 radical (unpaired) electrons. The van der Waals surface area contributed by atoms with Gasteiger partial charge in [-0.15, -0.1) is 11.3 Å². The van der Waals surface area contributed by atoms with E-state index in [9.17, 15) is 22.8 Å². The molecule has 3 rings (SSSR count). The highest BCUT2D eigenvalue weighted by Crippen LogP contribution is 2.32. The smallest absolute Gasteiger partial charge is 0.319 e. The van der Waals surface area contributed by atoms with Crippen LogP contribution in [0.4, 0.5) is 10.5 Å². The third-order valence-electron chi connectivity index (χ3n) is 4.17. The Labute approximate surface area is 165 Å². The van der Waals surface area contributed by atoms with Gasteiger partial charge in [-0.1, -0.05) is 6.07 Å². The summed E-state index contributed by atoms with van der Waals surface area (Å²) in [7, 11) is -3.87. The van der Waals surface area contributed by atoms with Crippen LogP contribution in [-0.4, -0.2) is 37.7 Å². The lowest BCUT2D eigenvalue weighted by Gasteiger charge is -2.25. The Morgan fingerprint density at radius 1 is 1.21 bits per heavy atom. The van der Waals surface area contributed by atoms with Crippen LogP contribution in [0.25, 0.3) is 0 Å². The van der Waals surface area contributed by atoms with Gasteiger partial charge in [0.2, 0.25) is 5.91 Å². The molecule has 2 heterocycles. The fourth-order valence-corrected chi connectivity index (χ4v) is 5.41. The van der Waals surface area contributed by atoms with Gasteiger partial charge in [-0.05, 0) is 36.2 Å². The number of nitrogens with zero attached hydrogens (tertiary/aromatic N) is 1. The van der Waals surface area contributed by atoms with Crippen molar-refractivity contribution in [2.45, 2.75) is 24.1 Å². The number of thiophene rings is 1. The number of nitrogens with one attached hydrogen (secondary N) is 2. The first-order valence-electron chi connectivity index (χ1n) is 8.26. The summed E-state index contributed by atoms with van der Waals surface area (Å²) in [5.74, 6) is -0.783. The third kappa shape index (κ3) is 4.31. The van der Waals surface area contributed by atoms with Crippen LogP contribution in [0.5, 0.6) is 0 Å². The van der Waals surface area contributed by atoms with E-state index in [0.29, 0.717) is 19.5 Å². The van der Waals surface area contributed by atoms with Gasteiger partial charge in [0.15, 0.2) is 0 Å². The van der Waals surface area contributed by atoms with Crippen LogP contribution in [0, 0.1) is 0 Å². The molecule has 0 aliphatic carbocycles. The Balaban J connectivity index is 1.81. The number of anilines is 1. The molecule has 9 nitrogen and oxygen atoms in total. The van der Waals surface area contributed by atoms with Gasteiger partial charge in [-0.3, -0.25) is 19.6 Å². The van der Waals surface area contributed by atoms with Gasteiger partial charge in [0, 0.05) is 36.1 Å². The fourth-order valence-electron chi connectivity index (χ4n) is 2.82. The molecule has 0 unspecified atom stereocenters. The number of fused-ring (bicyclic) bond motifs is 1. The van der Waals surface area contributed by atoms with E-state index in [1.54, 1.807) is 11.0 Å². The summed E-state index contributed by atoms with van der Waals surface area (Å²) in [6.45, 7) is 2.43. The number of carbonyl (C=O) groups is 3. The average Bonchev–Trinajstić information content (AvgIpc) is 3.05. The number of hydrogen-bond acceptors (Lipinski definition) is 6. The highest BCUT2D eigenvalue weighted by molar-refractivity contribution is 7.94. The van der Waals surface area contributed by atoms with Crippen molar-refractivity contribution in [3.63, 3.8) is 0 Å². The van der Waals surface area contributed by atoms with E-state index < -0.39 is 22.0 Å². The van der Waals surface area contributed by atoms with Crippen LogP contribution < -0.4 is 15.8 Å². The number of benzene rings is 1. The average molecular weight is 422 g/mol. The normalized spacial score (nSPS) is 13.5. The first-order chi connectivity index (χ1) is 13.2. The number of urea groups is 1. The van der Waals surface area contributed by atoms with Crippen molar-refractivity contribution in [1.29, 1.82) is 0 Å². The number of sulfonamides is 1. The minimum atomic E-state index is -3.87. The zero-order valence-corrected chi connectivity index (χ0v) is 16.5. The lowest BCUT2D eigenvalue weighted by Crippen LogP contribution is -2.34. The number of carbonyl (C=O) groups excluding carboxylic acids is 3. The summed E-state index contributed by atoms with van der Waals surface area (Å²) in [6, 6.07) is 6.28. The van der Waals surface area contributed by atoms with Crippen molar-refractivity contribution in [3.05, 3.63) is 46.3 Å². The van der Waals surface area contributed by atoms with E-state index in [-0.39, 0.29) is 21.4 Å². The third-order valence-corrected chi connectivity index (χ3v) is 7.26. The topological polar surface area (TPSA) is 139 Å². The largest absolute Gasteiger partial charge is 0.351 e. The maximum absolute atomic E-state index is 12.7. The van der Waals surface area contributed by atoms with E-state index in [1.807, 2.05) is 5.32 Å². The predicted octanol–water partition coefficient (Wildman–Crippen LogP) is 1.26. The molecule has 0 saturated heterocycles. The van der Waals surface area contributed by atoms with Gasteiger partial charge < -0.3 is 10.6 Å². The van der Waals surface area contributed by atoms with Gasteiger partial charge in [0.25, 0.3) is 15.9 Å². The molecule has 28 heavy (non-hydrogen) atoms. The molecule has 0 atom stereocenters. The number of rotatable bonds is 4. The summed E-state index contributed by atoms with van der Waals surface area (Å²) in [6.07, 6.45) is 0.609. The molecule has 148 valence electrons. The van der Waals surface area contributed by atoms with E-state index in [0.717, 1.165) is 10.4 Å². The summed E-state index contributed by atoms with van der Waals surface area (Å²) in [4.78, 5) is 36.8. The van der Waals surface area contributed by atoms with Gasteiger partial charge in [0.05, 0.1) is 0 Å². The number of hydrogen-bond donors (Lipinski definition) is 3. The highest BCUT2D eigenvalue weighted by Gasteiger charge is 2.25. The Kier molecular flexibility index (Phi) is 5.38. The molecule has 1 aliphatic heterocycles. The van der Waals surface area contributed by atoms with E-state index in [4.69, 9.17) is 5.73 Å². The van der Waals surface area contributed by atoms with Gasteiger partial charge in [0.1, 0.15) is 4.21 Å². The molecule has 4 N–H and O–H groups in total. The maximum atomic E-state index is 12.7.